The van der Waals surface area contributed by atoms with Crippen molar-refractivity contribution in [3.05, 3.63) is 87.7 Å². The Morgan fingerprint density at radius 2 is 1.78 bits per heavy atom. The highest BCUT2D eigenvalue weighted by molar-refractivity contribution is 7.99. The van der Waals surface area contributed by atoms with E-state index in [9.17, 15) is 14.4 Å². The Kier molecular flexibility index (Phi) is 6.54. The van der Waals surface area contributed by atoms with Crippen molar-refractivity contribution in [3.63, 3.8) is 0 Å². The first-order valence-corrected chi connectivity index (χ1v) is 13.4. The number of hydrogen-bond donors (Lipinski definition) is 0. The molecule has 1 aliphatic carbocycles. The number of nitrogens with zero attached hydrogens (tertiary/aromatic N) is 3. The molecule has 3 aromatic rings. The Morgan fingerprint density at radius 3 is 2.43 bits per heavy atom. The zero-order valence-electron chi connectivity index (χ0n) is 21.2. The standard InChI is InChI=1S/C29H29N3O4S/c1-5-13-32-27(35)23-24(30-28(32)37-6-2)20-12-11-19(16-18(20)17-29(23,3)4)36-15-14-31-25(33)21-9-7-8-10-22(21)26(31)34/h5,7-12,16H,1,6,13-15,17H2,2-4H3. The molecule has 0 spiro atoms. The van der Waals surface area contributed by atoms with E-state index in [4.69, 9.17) is 9.72 Å². The maximum Gasteiger partial charge on any atom is 0.261 e. The molecular formula is C29H29N3O4S. The van der Waals surface area contributed by atoms with Crippen molar-refractivity contribution in [2.24, 2.45) is 0 Å². The van der Waals surface area contributed by atoms with Crippen LogP contribution in [-0.4, -0.2) is 45.2 Å². The molecule has 0 radical (unpaired) electrons. The normalized spacial score (nSPS) is 15.3. The van der Waals surface area contributed by atoms with E-state index in [0.29, 0.717) is 35.0 Å². The number of carbonyl (C=O) groups excluding carboxylic acids is 2. The number of ether oxygens (including phenoxy) is 1. The number of hydrogen-bond acceptors (Lipinski definition) is 6. The van der Waals surface area contributed by atoms with E-state index in [1.807, 2.05) is 25.1 Å². The molecule has 5 rings (SSSR count). The van der Waals surface area contributed by atoms with Gasteiger partial charge in [-0.3, -0.25) is 23.9 Å². The van der Waals surface area contributed by atoms with Crippen LogP contribution in [0.5, 0.6) is 5.75 Å². The van der Waals surface area contributed by atoms with E-state index in [1.165, 1.54) is 4.90 Å². The first kappa shape index (κ1) is 25.0. The predicted octanol–water partition coefficient (Wildman–Crippen LogP) is 4.72. The fraction of sp³-hybridized carbons (Fsp3) is 0.310. The van der Waals surface area contributed by atoms with Gasteiger partial charge in [0.15, 0.2) is 5.16 Å². The summed E-state index contributed by atoms with van der Waals surface area (Å²) in [7, 11) is 0. The van der Waals surface area contributed by atoms with Crippen molar-refractivity contribution in [1.82, 2.24) is 14.5 Å². The summed E-state index contributed by atoms with van der Waals surface area (Å²) in [6.07, 6.45) is 2.39. The number of allylic oxidation sites excluding steroid dienone is 1. The summed E-state index contributed by atoms with van der Waals surface area (Å²) >= 11 is 1.55. The number of imide groups is 1. The smallest absolute Gasteiger partial charge is 0.261 e. The van der Waals surface area contributed by atoms with Gasteiger partial charge >= 0.3 is 0 Å². The zero-order valence-corrected chi connectivity index (χ0v) is 22.1. The van der Waals surface area contributed by atoms with Crippen molar-refractivity contribution in [3.8, 4) is 17.0 Å². The van der Waals surface area contributed by atoms with Crippen LogP contribution in [0.3, 0.4) is 0 Å². The highest BCUT2D eigenvalue weighted by atomic mass is 32.2. The number of fused-ring (bicyclic) bond motifs is 4. The van der Waals surface area contributed by atoms with Crippen LogP contribution in [0.25, 0.3) is 11.3 Å². The lowest BCUT2D eigenvalue weighted by Crippen LogP contribution is -2.38. The van der Waals surface area contributed by atoms with Gasteiger partial charge in [0.25, 0.3) is 17.4 Å². The van der Waals surface area contributed by atoms with Gasteiger partial charge in [-0.25, -0.2) is 4.98 Å². The Morgan fingerprint density at radius 1 is 1.08 bits per heavy atom. The molecule has 1 aromatic heterocycles. The van der Waals surface area contributed by atoms with E-state index in [0.717, 1.165) is 28.1 Å². The SMILES string of the molecule is C=CCn1c(SCC)nc2c(c1=O)C(C)(C)Cc1cc(OCCN3C(=O)c4ccccc4C3=O)ccc1-2. The van der Waals surface area contributed by atoms with Gasteiger partial charge in [-0.15, -0.1) is 6.58 Å². The molecule has 190 valence electrons. The summed E-state index contributed by atoms with van der Waals surface area (Å²) < 4.78 is 7.69. The molecule has 8 heteroatoms. The summed E-state index contributed by atoms with van der Waals surface area (Å²) in [5.74, 6) is 0.875. The van der Waals surface area contributed by atoms with Crippen molar-refractivity contribution >= 4 is 23.6 Å². The highest BCUT2D eigenvalue weighted by Gasteiger charge is 2.37. The molecule has 0 unspecified atom stereocenters. The van der Waals surface area contributed by atoms with Gasteiger partial charge in [-0.2, -0.15) is 0 Å². The second kappa shape index (κ2) is 9.67. The third-order valence-corrected chi connectivity index (χ3v) is 7.68. The van der Waals surface area contributed by atoms with Crippen LogP contribution >= 0.6 is 11.8 Å². The average Bonchev–Trinajstić information content (AvgIpc) is 3.10. The van der Waals surface area contributed by atoms with Crippen molar-refractivity contribution in [2.45, 2.75) is 44.3 Å². The summed E-state index contributed by atoms with van der Waals surface area (Å²) in [4.78, 5) is 45.0. The van der Waals surface area contributed by atoms with Gasteiger partial charge in [-0.1, -0.05) is 50.7 Å². The van der Waals surface area contributed by atoms with Crippen LogP contribution in [0.1, 0.15) is 52.6 Å². The third kappa shape index (κ3) is 4.29. The molecule has 0 atom stereocenters. The molecule has 2 aliphatic rings. The molecule has 2 amide bonds. The van der Waals surface area contributed by atoms with Gasteiger partial charge in [-0.05, 0) is 48.1 Å². The Hall–Kier alpha value is -3.65. The maximum atomic E-state index is 13.6. The molecule has 37 heavy (non-hydrogen) atoms. The number of aromatic nitrogens is 2. The quantitative estimate of drug-likeness (QED) is 0.187. The van der Waals surface area contributed by atoms with Gasteiger partial charge in [0, 0.05) is 23.1 Å². The maximum absolute atomic E-state index is 13.6. The lowest BCUT2D eigenvalue weighted by Gasteiger charge is -2.33. The van der Waals surface area contributed by atoms with E-state index in [1.54, 1.807) is 46.7 Å². The second-order valence-corrected chi connectivity index (χ2v) is 11.0. The van der Waals surface area contributed by atoms with Crippen LogP contribution in [-0.2, 0) is 18.4 Å². The molecular weight excluding hydrogens is 486 g/mol. The summed E-state index contributed by atoms with van der Waals surface area (Å²) in [6, 6.07) is 12.6. The van der Waals surface area contributed by atoms with E-state index in [-0.39, 0.29) is 30.5 Å². The molecule has 7 nitrogen and oxygen atoms in total. The lowest BCUT2D eigenvalue weighted by atomic mass is 9.72. The summed E-state index contributed by atoms with van der Waals surface area (Å²) in [5.41, 5.74) is 3.87. The number of thioether (sulfide) groups is 1. The molecule has 2 aromatic carbocycles. The molecule has 2 heterocycles. The van der Waals surface area contributed by atoms with Crippen molar-refractivity contribution in [2.75, 3.05) is 18.9 Å². The minimum atomic E-state index is -0.413. The number of carbonyl (C=O) groups is 2. The number of amides is 2. The van der Waals surface area contributed by atoms with Crippen LogP contribution in [0, 0.1) is 0 Å². The second-order valence-electron chi connectivity index (χ2n) is 9.79. The topological polar surface area (TPSA) is 81.5 Å². The first-order valence-electron chi connectivity index (χ1n) is 12.4. The van der Waals surface area contributed by atoms with Crippen LogP contribution in [0.4, 0.5) is 0 Å². The van der Waals surface area contributed by atoms with Crippen molar-refractivity contribution in [1.29, 1.82) is 0 Å². The molecule has 0 bridgehead atoms. The molecule has 0 saturated heterocycles. The van der Waals surface area contributed by atoms with Crippen molar-refractivity contribution < 1.29 is 14.3 Å². The summed E-state index contributed by atoms with van der Waals surface area (Å²) in [6.45, 7) is 10.8. The van der Waals surface area contributed by atoms with Crippen LogP contribution < -0.4 is 10.3 Å². The van der Waals surface area contributed by atoms with Gasteiger partial charge < -0.3 is 4.74 Å². The number of benzene rings is 2. The predicted molar refractivity (Wildman–Crippen MR) is 145 cm³/mol. The van der Waals surface area contributed by atoms with Crippen LogP contribution in [0.2, 0.25) is 0 Å². The number of rotatable bonds is 8. The van der Waals surface area contributed by atoms with E-state index < -0.39 is 5.41 Å². The van der Waals surface area contributed by atoms with E-state index in [2.05, 4.69) is 20.4 Å². The van der Waals surface area contributed by atoms with Crippen LogP contribution in [0.15, 0.2) is 65.1 Å². The minimum absolute atomic E-state index is 0.0160. The lowest BCUT2D eigenvalue weighted by molar-refractivity contribution is 0.0631. The largest absolute Gasteiger partial charge is 0.492 e. The fourth-order valence-corrected chi connectivity index (χ4v) is 5.90. The van der Waals surface area contributed by atoms with Gasteiger partial charge in [0.2, 0.25) is 0 Å². The van der Waals surface area contributed by atoms with Gasteiger partial charge in [0.05, 0.1) is 23.4 Å². The minimum Gasteiger partial charge on any atom is -0.492 e. The van der Waals surface area contributed by atoms with E-state index >= 15 is 0 Å². The monoisotopic (exact) mass is 515 g/mol. The molecule has 0 fully saturated rings. The Balaban J connectivity index is 1.40. The Bertz CT molecular complexity index is 1460. The molecule has 0 saturated carbocycles. The fourth-order valence-electron chi connectivity index (χ4n) is 5.17. The third-order valence-electron chi connectivity index (χ3n) is 6.82. The summed E-state index contributed by atoms with van der Waals surface area (Å²) in [5, 5.41) is 0.691. The molecule has 0 N–H and O–H groups in total. The average molecular weight is 516 g/mol. The van der Waals surface area contributed by atoms with Gasteiger partial charge in [0.1, 0.15) is 12.4 Å². The molecule has 1 aliphatic heterocycles. The zero-order chi connectivity index (χ0) is 26.3. The first-order chi connectivity index (χ1) is 17.8. The highest BCUT2D eigenvalue weighted by Crippen LogP contribution is 2.42. The Labute approximate surface area is 220 Å².